The van der Waals surface area contributed by atoms with E-state index in [1.165, 1.54) is 12.3 Å². The van der Waals surface area contributed by atoms with Crippen LogP contribution < -0.4 is 0 Å². The van der Waals surface area contributed by atoms with Gasteiger partial charge >= 0.3 is 0 Å². The van der Waals surface area contributed by atoms with E-state index in [0.717, 1.165) is 0 Å². The van der Waals surface area contributed by atoms with E-state index >= 15 is 0 Å². The SMILES string of the molecule is C=C1C(=O)N(CCCO)CCN1/C=C\C(=O)CO. The highest BCUT2D eigenvalue weighted by molar-refractivity contribution is 5.94. The fourth-order valence-electron chi connectivity index (χ4n) is 1.64. The molecule has 1 heterocycles. The molecule has 6 nitrogen and oxygen atoms in total. The molecule has 0 bridgehead atoms. The topological polar surface area (TPSA) is 81.1 Å². The Morgan fingerprint density at radius 2 is 2.11 bits per heavy atom. The van der Waals surface area contributed by atoms with Crippen molar-refractivity contribution in [1.29, 1.82) is 0 Å². The molecule has 18 heavy (non-hydrogen) atoms. The Kier molecular flexibility index (Phi) is 5.54. The zero-order valence-electron chi connectivity index (χ0n) is 10.2. The van der Waals surface area contributed by atoms with Crippen molar-refractivity contribution in [3.05, 3.63) is 24.6 Å². The average Bonchev–Trinajstić information content (AvgIpc) is 2.39. The van der Waals surface area contributed by atoms with Gasteiger partial charge in [0.15, 0.2) is 5.78 Å². The minimum atomic E-state index is -0.548. The number of ketones is 1. The first-order valence-electron chi connectivity index (χ1n) is 5.77. The van der Waals surface area contributed by atoms with Crippen LogP contribution in [-0.4, -0.2) is 64.6 Å². The van der Waals surface area contributed by atoms with Crippen LogP contribution in [0, 0.1) is 0 Å². The molecule has 0 radical (unpaired) electrons. The van der Waals surface area contributed by atoms with Gasteiger partial charge in [-0.3, -0.25) is 9.59 Å². The second-order valence-corrected chi connectivity index (χ2v) is 3.95. The maximum Gasteiger partial charge on any atom is 0.269 e. The van der Waals surface area contributed by atoms with Gasteiger partial charge in [0, 0.05) is 32.4 Å². The third-order valence-electron chi connectivity index (χ3n) is 2.67. The monoisotopic (exact) mass is 254 g/mol. The van der Waals surface area contributed by atoms with Crippen LogP contribution >= 0.6 is 0 Å². The normalized spacial score (nSPS) is 16.8. The number of aliphatic hydroxyl groups is 2. The molecule has 0 atom stereocenters. The highest BCUT2D eigenvalue weighted by Crippen LogP contribution is 2.14. The van der Waals surface area contributed by atoms with Gasteiger partial charge in [0.25, 0.3) is 5.91 Å². The molecule has 0 aromatic rings. The molecule has 1 fully saturated rings. The van der Waals surface area contributed by atoms with E-state index in [1.807, 2.05) is 0 Å². The van der Waals surface area contributed by atoms with E-state index in [-0.39, 0.29) is 12.5 Å². The van der Waals surface area contributed by atoms with Crippen LogP contribution in [0.2, 0.25) is 0 Å². The van der Waals surface area contributed by atoms with Crippen LogP contribution in [0.5, 0.6) is 0 Å². The molecule has 0 unspecified atom stereocenters. The summed E-state index contributed by atoms with van der Waals surface area (Å²) < 4.78 is 0. The summed E-state index contributed by atoms with van der Waals surface area (Å²) in [6.07, 6.45) is 3.22. The van der Waals surface area contributed by atoms with E-state index < -0.39 is 12.4 Å². The van der Waals surface area contributed by atoms with Crippen molar-refractivity contribution in [3.8, 4) is 0 Å². The van der Waals surface area contributed by atoms with Gasteiger partial charge in [-0.25, -0.2) is 0 Å². The lowest BCUT2D eigenvalue weighted by molar-refractivity contribution is -0.131. The largest absolute Gasteiger partial charge is 0.396 e. The molecule has 2 N–H and O–H groups in total. The van der Waals surface area contributed by atoms with E-state index in [2.05, 4.69) is 6.58 Å². The number of piperazine rings is 1. The summed E-state index contributed by atoms with van der Waals surface area (Å²) in [5.41, 5.74) is 0.293. The average molecular weight is 254 g/mol. The maximum atomic E-state index is 11.9. The molecule has 0 aliphatic carbocycles. The zero-order chi connectivity index (χ0) is 13.5. The molecule has 0 saturated carbocycles. The third-order valence-corrected chi connectivity index (χ3v) is 2.67. The summed E-state index contributed by atoms with van der Waals surface area (Å²) in [5, 5.41) is 17.3. The number of nitrogens with zero attached hydrogens (tertiary/aromatic N) is 2. The molecular weight excluding hydrogens is 236 g/mol. The van der Waals surface area contributed by atoms with Crippen LogP contribution in [0.1, 0.15) is 6.42 Å². The maximum absolute atomic E-state index is 11.9. The number of hydrogen-bond acceptors (Lipinski definition) is 5. The molecule has 1 saturated heterocycles. The molecule has 1 aliphatic heterocycles. The predicted molar refractivity (Wildman–Crippen MR) is 65.4 cm³/mol. The van der Waals surface area contributed by atoms with Gasteiger partial charge in [-0.2, -0.15) is 0 Å². The summed E-state index contributed by atoms with van der Waals surface area (Å²) in [7, 11) is 0. The first-order valence-corrected chi connectivity index (χ1v) is 5.77. The lowest BCUT2D eigenvalue weighted by atomic mass is 10.2. The Bertz CT molecular complexity index is 365. The molecular formula is C12H18N2O4. The molecule has 100 valence electrons. The van der Waals surface area contributed by atoms with Crippen molar-refractivity contribution in [1.82, 2.24) is 9.80 Å². The molecule has 0 aromatic heterocycles. The van der Waals surface area contributed by atoms with Gasteiger partial charge in [-0.15, -0.1) is 0 Å². The van der Waals surface area contributed by atoms with Crippen LogP contribution in [0.3, 0.4) is 0 Å². The number of carbonyl (C=O) groups excluding carboxylic acids is 2. The summed E-state index contributed by atoms with van der Waals surface area (Å²) in [6, 6.07) is 0. The first kappa shape index (κ1) is 14.4. The van der Waals surface area contributed by atoms with Gasteiger partial charge in [0.2, 0.25) is 0 Å². The van der Waals surface area contributed by atoms with Gasteiger partial charge in [0.1, 0.15) is 6.61 Å². The number of rotatable bonds is 6. The molecule has 0 spiro atoms. The fourth-order valence-corrected chi connectivity index (χ4v) is 1.64. The van der Waals surface area contributed by atoms with Crippen LogP contribution in [0.15, 0.2) is 24.6 Å². The van der Waals surface area contributed by atoms with Crippen molar-refractivity contribution >= 4 is 11.7 Å². The van der Waals surface area contributed by atoms with E-state index in [9.17, 15) is 9.59 Å². The van der Waals surface area contributed by atoms with Crippen LogP contribution in [0.25, 0.3) is 0 Å². The minimum absolute atomic E-state index is 0.0465. The molecule has 1 aliphatic rings. The van der Waals surface area contributed by atoms with Crippen molar-refractivity contribution in [2.75, 3.05) is 32.8 Å². The van der Waals surface area contributed by atoms with E-state index in [1.54, 1.807) is 9.80 Å². The predicted octanol–water partition coefficient (Wildman–Crippen LogP) is -0.898. The Balaban J connectivity index is 2.58. The Labute approximate surface area is 106 Å². The van der Waals surface area contributed by atoms with Crippen molar-refractivity contribution in [3.63, 3.8) is 0 Å². The van der Waals surface area contributed by atoms with Crippen molar-refractivity contribution in [2.24, 2.45) is 0 Å². The molecule has 1 amide bonds. The van der Waals surface area contributed by atoms with E-state index in [0.29, 0.717) is 31.8 Å². The lowest BCUT2D eigenvalue weighted by Crippen LogP contribution is -2.46. The number of aliphatic hydroxyl groups excluding tert-OH is 2. The van der Waals surface area contributed by atoms with Gasteiger partial charge in [-0.1, -0.05) is 6.58 Å². The molecule has 1 rings (SSSR count). The smallest absolute Gasteiger partial charge is 0.269 e. The summed E-state index contributed by atoms with van der Waals surface area (Å²) in [5.74, 6) is -0.617. The lowest BCUT2D eigenvalue weighted by Gasteiger charge is -2.35. The molecule has 0 aromatic carbocycles. The molecule has 6 heteroatoms. The summed E-state index contributed by atoms with van der Waals surface area (Å²) in [6.45, 7) is 4.76. The van der Waals surface area contributed by atoms with Gasteiger partial charge in [0.05, 0.1) is 5.70 Å². The number of amides is 1. The Hall–Kier alpha value is -1.66. The highest BCUT2D eigenvalue weighted by Gasteiger charge is 2.25. The Morgan fingerprint density at radius 3 is 2.72 bits per heavy atom. The fraction of sp³-hybridized carbons (Fsp3) is 0.500. The summed E-state index contributed by atoms with van der Waals surface area (Å²) in [4.78, 5) is 26.0. The van der Waals surface area contributed by atoms with Crippen molar-refractivity contribution in [2.45, 2.75) is 6.42 Å². The summed E-state index contributed by atoms with van der Waals surface area (Å²) >= 11 is 0. The van der Waals surface area contributed by atoms with Crippen molar-refractivity contribution < 1.29 is 19.8 Å². The zero-order valence-corrected chi connectivity index (χ0v) is 10.2. The second-order valence-electron chi connectivity index (χ2n) is 3.95. The van der Waals surface area contributed by atoms with E-state index in [4.69, 9.17) is 10.2 Å². The second kappa shape index (κ2) is 6.93. The third kappa shape index (κ3) is 3.68. The van der Waals surface area contributed by atoms with Crippen LogP contribution in [-0.2, 0) is 9.59 Å². The first-order chi connectivity index (χ1) is 8.60. The van der Waals surface area contributed by atoms with Gasteiger partial charge < -0.3 is 20.0 Å². The highest BCUT2D eigenvalue weighted by atomic mass is 16.3. The number of hydrogen-bond donors (Lipinski definition) is 2. The Morgan fingerprint density at radius 1 is 1.39 bits per heavy atom. The van der Waals surface area contributed by atoms with Gasteiger partial charge in [-0.05, 0) is 12.5 Å². The number of carbonyl (C=O) groups is 2. The quantitative estimate of drug-likeness (QED) is 0.600. The minimum Gasteiger partial charge on any atom is -0.396 e. The standard InChI is InChI=1S/C12H18N2O4/c1-10-12(18)14(4-2-8-15)7-6-13(10)5-3-11(17)9-16/h3,5,15-16H,1-2,4,6-9H2/b5-3-. The van der Waals surface area contributed by atoms with Crippen LogP contribution in [0.4, 0.5) is 0 Å².